The highest BCUT2D eigenvalue weighted by Crippen LogP contribution is 2.39. The van der Waals surface area contributed by atoms with Crippen molar-refractivity contribution in [3.8, 4) is 11.5 Å². The van der Waals surface area contributed by atoms with Gasteiger partial charge >= 0.3 is 0 Å². The van der Waals surface area contributed by atoms with Gasteiger partial charge in [-0.3, -0.25) is 19.7 Å². The van der Waals surface area contributed by atoms with Gasteiger partial charge in [0.2, 0.25) is 5.76 Å². The quantitative estimate of drug-likeness (QED) is 0.244. The molecule has 1 aliphatic rings. The third-order valence-corrected chi connectivity index (χ3v) is 6.67. The fourth-order valence-electron chi connectivity index (χ4n) is 4.63. The van der Waals surface area contributed by atoms with Gasteiger partial charge in [-0.1, -0.05) is 17.7 Å². The number of nitrogens with zero attached hydrogens (tertiary/aromatic N) is 2. The number of methoxy groups -OCH3 is 2. The van der Waals surface area contributed by atoms with Gasteiger partial charge < -0.3 is 18.8 Å². The van der Waals surface area contributed by atoms with Gasteiger partial charge in [0.1, 0.15) is 5.58 Å². The van der Waals surface area contributed by atoms with Gasteiger partial charge in [0.15, 0.2) is 16.9 Å². The van der Waals surface area contributed by atoms with Gasteiger partial charge in [0, 0.05) is 23.7 Å². The van der Waals surface area contributed by atoms with Crippen molar-refractivity contribution in [3.05, 3.63) is 108 Å². The van der Waals surface area contributed by atoms with E-state index in [0.29, 0.717) is 28.5 Å². The highest BCUT2D eigenvalue weighted by molar-refractivity contribution is 6.31. The van der Waals surface area contributed by atoms with Crippen LogP contribution in [0.1, 0.15) is 33.3 Å². The fraction of sp³-hybridized carbons (Fsp3) is 0.185. The molecule has 1 aromatic heterocycles. The molecular weight excluding hydrogens is 500 g/mol. The lowest BCUT2D eigenvalue weighted by Gasteiger charge is -2.25. The summed E-state index contributed by atoms with van der Waals surface area (Å²) in [5.74, 6) is 0.658. The van der Waals surface area contributed by atoms with Crippen LogP contribution in [0.2, 0.25) is 5.02 Å². The summed E-state index contributed by atoms with van der Waals surface area (Å²) in [4.78, 5) is 39.4. The number of nitro benzene ring substituents is 1. The molecule has 0 fully saturated rings. The SMILES string of the molecule is COc1ccc(CCN2C(=O)c3oc4ccc(Cl)cc4c(=O)c3C2c2ccc([N+](=O)[O-])cc2)cc1OC. The van der Waals surface area contributed by atoms with Gasteiger partial charge in [0.25, 0.3) is 11.6 Å². The molecule has 0 spiro atoms. The number of amides is 1. The van der Waals surface area contributed by atoms with E-state index < -0.39 is 16.9 Å². The number of hydrogen-bond acceptors (Lipinski definition) is 7. The lowest BCUT2D eigenvalue weighted by atomic mass is 9.98. The van der Waals surface area contributed by atoms with Crippen molar-refractivity contribution < 1.29 is 23.6 Å². The third kappa shape index (κ3) is 4.27. The molecule has 1 atom stereocenters. The number of ether oxygens (including phenoxy) is 2. The molecule has 0 bridgehead atoms. The van der Waals surface area contributed by atoms with E-state index in [9.17, 15) is 19.7 Å². The summed E-state index contributed by atoms with van der Waals surface area (Å²) in [6.45, 7) is 0.247. The maximum absolute atomic E-state index is 13.6. The molecule has 1 unspecified atom stereocenters. The average Bonchev–Trinajstić information content (AvgIpc) is 3.19. The summed E-state index contributed by atoms with van der Waals surface area (Å²) in [7, 11) is 3.09. The Balaban J connectivity index is 1.59. The molecule has 9 nitrogen and oxygen atoms in total. The number of carbonyl (C=O) groups is 1. The number of hydrogen-bond donors (Lipinski definition) is 0. The Morgan fingerprint density at radius 3 is 2.41 bits per heavy atom. The van der Waals surface area contributed by atoms with E-state index in [1.165, 1.54) is 18.2 Å². The monoisotopic (exact) mass is 520 g/mol. The number of non-ortho nitro benzene ring substituents is 1. The van der Waals surface area contributed by atoms with Crippen LogP contribution < -0.4 is 14.9 Å². The standard InChI is InChI=1S/C27H21ClN2O7/c1-35-21-9-3-15(13-22(21)36-2)11-12-29-24(16-4-7-18(8-5-16)30(33)34)23-25(31)19-14-17(28)6-10-20(19)37-26(23)27(29)32/h3-10,13-14,24H,11-12H2,1-2H3. The summed E-state index contributed by atoms with van der Waals surface area (Å²) in [6, 6.07) is 15.1. The zero-order chi connectivity index (χ0) is 26.3. The number of benzene rings is 3. The van der Waals surface area contributed by atoms with E-state index in [4.69, 9.17) is 25.5 Å². The van der Waals surface area contributed by atoms with E-state index in [2.05, 4.69) is 0 Å². The van der Waals surface area contributed by atoms with Crippen LogP contribution in [-0.2, 0) is 6.42 Å². The van der Waals surface area contributed by atoms with E-state index >= 15 is 0 Å². The van der Waals surface area contributed by atoms with Crippen LogP contribution in [0, 0.1) is 10.1 Å². The lowest BCUT2D eigenvalue weighted by Crippen LogP contribution is -2.31. The first-order chi connectivity index (χ1) is 17.8. The minimum atomic E-state index is -0.789. The van der Waals surface area contributed by atoms with Crippen LogP contribution in [-0.4, -0.2) is 36.5 Å². The van der Waals surface area contributed by atoms with Crippen molar-refractivity contribution in [1.29, 1.82) is 0 Å². The van der Waals surface area contributed by atoms with Gasteiger partial charge in [0.05, 0.1) is 36.1 Å². The number of carbonyl (C=O) groups excluding carboxylic acids is 1. The number of fused-ring (bicyclic) bond motifs is 2. The molecule has 0 saturated heterocycles. The minimum absolute atomic E-state index is 0.0458. The topological polar surface area (TPSA) is 112 Å². The molecule has 188 valence electrons. The first-order valence-corrected chi connectivity index (χ1v) is 11.7. The average molecular weight is 521 g/mol. The molecule has 0 aliphatic carbocycles. The van der Waals surface area contributed by atoms with E-state index in [-0.39, 0.29) is 40.0 Å². The van der Waals surface area contributed by atoms with Crippen LogP contribution in [0.4, 0.5) is 5.69 Å². The summed E-state index contributed by atoms with van der Waals surface area (Å²) >= 11 is 6.12. The lowest BCUT2D eigenvalue weighted by molar-refractivity contribution is -0.384. The second kappa shape index (κ2) is 9.59. The van der Waals surface area contributed by atoms with Crippen LogP contribution in [0.3, 0.4) is 0 Å². The number of halogens is 1. The van der Waals surface area contributed by atoms with Crippen molar-refractivity contribution in [3.63, 3.8) is 0 Å². The smallest absolute Gasteiger partial charge is 0.290 e. The molecule has 5 rings (SSSR count). The van der Waals surface area contributed by atoms with Crippen molar-refractivity contribution in [2.75, 3.05) is 20.8 Å². The Morgan fingerprint density at radius 2 is 1.73 bits per heavy atom. The summed E-state index contributed by atoms with van der Waals surface area (Å²) < 4.78 is 16.6. The van der Waals surface area contributed by atoms with Crippen molar-refractivity contribution >= 4 is 34.2 Å². The molecule has 1 aliphatic heterocycles. The maximum atomic E-state index is 13.6. The van der Waals surface area contributed by atoms with Crippen LogP contribution in [0.15, 0.2) is 69.9 Å². The number of nitro groups is 1. The molecule has 4 aromatic rings. The minimum Gasteiger partial charge on any atom is -0.493 e. The Labute approximate surface area is 215 Å². The van der Waals surface area contributed by atoms with Gasteiger partial charge in [-0.25, -0.2) is 0 Å². The molecule has 37 heavy (non-hydrogen) atoms. The maximum Gasteiger partial charge on any atom is 0.290 e. The predicted molar refractivity (Wildman–Crippen MR) is 137 cm³/mol. The van der Waals surface area contributed by atoms with E-state index in [0.717, 1.165) is 5.56 Å². The van der Waals surface area contributed by atoms with E-state index in [1.54, 1.807) is 49.5 Å². The molecule has 0 saturated carbocycles. The van der Waals surface area contributed by atoms with Crippen LogP contribution in [0.5, 0.6) is 11.5 Å². The third-order valence-electron chi connectivity index (χ3n) is 6.44. The molecule has 1 amide bonds. The van der Waals surface area contributed by atoms with Gasteiger partial charge in [-0.05, 0) is 60.0 Å². The second-order valence-electron chi connectivity index (χ2n) is 8.50. The molecule has 3 aromatic carbocycles. The molecule has 0 N–H and O–H groups in total. The Morgan fingerprint density at radius 1 is 1.00 bits per heavy atom. The second-order valence-corrected chi connectivity index (χ2v) is 8.94. The normalized spacial score (nSPS) is 14.6. The highest BCUT2D eigenvalue weighted by Gasteiger charge is 2.42. The molecule has 10 heteroatoms. The summed E-state index contributed by atoms with van der Waals surface area (Å²) in [5, 5.41) is 11.8. The number of rotatable bonds is 7. The van der Waals surface area contributed by atoms with Crippen LogP contribution in [0.25, 0.3) is 11.0 Å². The fourth-order valence-corrected chi connectivity index (χ4v) is 4.81. The first-order valence-electron chi connectivity index (χ1n) is 11.3. The Bertz CT molecular complexity index is 1600. The summed E-state index contributed by atoms with van der Waals surface area (Å²) in [5.41, 5.74) is 1.41. The van der Waals surface area contributed by atoms with Crippen molar-refractivity contribution in [2.24, 2.45) is 0 Å². The van der Waals surface area contributed by atoms with Crippen molar-refractivity contribution in [2.45, 2.75) is 12.5 Å². The van der Waals surface area contributed by atoms with Crippen LogP contribution >= 0.6 is 11.6 Å². The zero-order valence-corrected chi connectivity index (χ0v) is 20.7. The Kier molecular flexibility index (Phi) is 6.31. The largest absolute Gasteiger partial charge is 0.493 e. The highest BCUT2D eigenvalue weighted by atomic mass is 35.5. The summed E-state index contributed by atoms with van der Waals surface area (Å²) in [6.07, 6.45) is 0.448. The zero-order valence-electron chi connectivity index (χ0n) is 19.9. The molecule has 0 radical (unpaired) electrons. The molecule has 2 heterocycles. The van der Waals surface area contributed by atoms with E-state index in [1.807, 2.05) is 12.1 Å². The van der Waals surface area contributed by atoms with Gasteiger partial charge in [-0.15, -0.1) is 0 Å². The first kappa shape index (κ1) is 24.3. The van der Waals surface area contributed by atoms with Crippen molar-refractivity contribution in [1.82, 2.24) is 4.90 Å². The Hall–Kier alpha value is -4.37. The van der Waals surface area contributed by atoms with Gasteiger partial charge in [-0.2, -0.15) is 0 Å². The molecular formula is C27H21ClN2O7. The predicted octanol–water partition coefficient (Wildman–Crippen LogP) is 5.16.